The predicted octanol–water partition coefficient (Wildman–Crippen LogP) is 4.82. The molecule has 0 atom stereocenters. The maximum absolute atomic E-state index is 12.9. The smallest absolute Gasteiger partial charge is 0.256 e. The van der Waals surface area contributed by atoms with Crippen LogP contribution in [0, 0.1) is 0 Å². The van der Waals surface area contributed by atoms with Crippen molar-refractivity contribution in [2.45, 2.75) is 13.1 Å². The summed E-state index contributed by atoms with van der Waals surface area (Å²) in [5.41, 5.74) is 1.17. The van der Waals surface area contributed by atoms with E-state index in [0.29, 0.717) is 34.5 Å². The Labute approximate surface area is 149 Å². The Morgan fingerprint density at radius 2 is 1.96 bits per heavy atom. The van der Waals surface area contributed by atoms with Gasteiger partial charge in [-0.25, -0.2) is 0 Å². The van der Waals surface area contributed by atoms with Crippen LogP contribution < -0.4 is 0 Å². The average Bonchev–Trinajstić information content (AvgIpc) is 3.08. The van der Waals surface area contributed by atoms with Gasteiger partial charge in [0.1, 0.15) is 5.76 Å². The van der Waals surface area contributed by atoms with E-state index in [9.17, 15) is 4.79 Å². The monoisotopic (exact) mass is 360 g/mol. The highest BCUT2D eigenvalue weighted by atomic mass is 35.5. The van der Waals surface area contributed by atoms with E-state index in [4.69, 9.17) is 27.6 Å². The Hall–Kier alpha value is -2.30. The molecule has 3 aromatic rings. The standard InChI is InChI=1S/C18H14Cl2N2O2/c19-13-6-7-16(17(20)10-13)18(23)22(12-15-5-3-9-24-15)11-14-4-1-2-8-21-14/h1-10H,11-12H2. The average molecular weight is 361 g/mol. The van der Waals surface area contributed by atoms with Crippen molar-refractivity contribution in [3.05, 3.63) is 88.1 Å². The fraction of sp³-hybridized carbons (Fsp3) is 0.111. The molecule has 1 amide bonds. The van der Waals surface area contributed by atoms with E-state index in [1.54, 1.807) is 41.6 Å². The topological polar surface area (TPSA) is 46.3 Å². The Bertz CT molecular complexity index is 820. The van der Waals surface area contributed by atoms with Crippen LogP contribution in [0.3, 0.4) is 0 Å². The molecule has 1 aromatic carbocycles. The number of hydrogen-bond donors (Lipinski definition) is 0. The molecule has 0 bridgehead atoms. The fourth-order valence-electron chi connectivity index (χ4n) is 2.31. The highest BCUT2D eigenvalue weighted by Gasteiger charge is 2.20. The number of hydrogen-bond acceptors (Lipinski definition) is 3. The number of benzene rings is 1. The van der Waals surface area contributed by atoms with Crippen molar-refractivity contribution in [2.75, 3.05) is 0 Å². The maximum Gasteiger partial charge on any atom is 0.256 e. The second-order valence-electron chi connectivity index (χ2n) is 5.19. The van der Waals surface area contributed by atoms with Crippen molar-refractivity contribution in [1.29, 1.82) is 0 Å². The zero-order chi connectivity index (χ0) is 16.9. The van der Waals surface area contributed by atoms with Crippen molar-refractivity contribution in [2.24, 2.45) is 0 Å². The lowest BCUT2D eigenvalue weighted by atomic mass is 10.2. The van der Waals surface area contributed by atoms with Gasteiger partial charge in [0.2, 0.25) is 0 Å². The van der Waals surface area contributed by atoms with Gasteiger partial charge in [-0.2, -0.15) is 0 Å². The van der Waals surface area contributed by atoms with Crippen LogP contribution in [0.5, 0.6) is 0 Å². The molecule has 4 nitrogen and oxygen atoms in total. The summed E-state index contributed by atoms with van der Waals surface area (Å²) in [4.78, 5) is 18.9. The number of aromatic nitrogens is 1. The normalized spacial score (nSPS) is 10.6. The predicted molar refractivity (Wildman–Crippen MR) is 93.0 cm³/mol. The highest BCUT2D eigenvalue weighted by Crippen LogP contribution is 2.23. The molecule has 0 unspecified atom stereocenters. The van der Waals surface area contributed by atoms with Gasteiger partial charge >= 0.3 is 0 Å². The Morgan fingerprint density at radius 3 is 2.62 bits per heavy atom. The number of nitrogens with zero attached hydrogens (tertiary/aromatic N) is 2. The Morgan fingerprint density at radius 1 is 1.08 bits per heavy atom. The molecule has 0 saturated carbocycles. The first-order chi connectivity index (χ1) is 11.6. The first kappa shape index (κ1) is 16.6. The molecule has 0 N–H and O–H groups in total. The Kier molecular flexibility index (Phi) is 5.18. The first-order valence-electron chi connectivity index (χ1n) is 7.30. The molecule has 122 valence electrons. The SMILES string of the molecule is O=C(c1ccc(Cl)cc1Cl)N(Cc1ccccn1)Cc1ccco1. The molecular weight excluding hydrogens is 347 g/mol. The van der Waals surface area contributed by atoms with Crippen LogP contribution in [-0.2, 0) is 13.1 Å². The van der Waals surface area contributed by atoms with E-state index in [1.165, 1.54) is 0 Å². The summed E-state index contributed by atoms with van der Waals surface area (Å²) in [6.45, 7) is 0.667. The van der Waals surface area contributed by atoms with Gasteiger partial charge in [-0.15, -0.1) is 0 Å². The van der Waals surface area contributed by atoms with E-state index >= 15 is 0 Å². The molecular formula is C18H14Cl2N2O2. The minimum absolute atomic E-state index is 0.210. The molecule has 2 heterocycles. The molecule has 0 saturated heterocycles. The number of amides is 1. The highest BCUT2D eigenvalue weighted by molar-refractivity contribution is 6.36. The van der Waals surface area contributed by atoms with Crippen molar-refractivity contribution in [1.82, 2.24) is 9.88 Å². The van der Waals surface area contributed by atoms with Gasteiger partial charge in [0.15, 0.2) is 0 Å². The summed E-state index contributed by atoms with van der Waals surface area (Å²) in [6, 6.07) is 14.0. The fourth-order valence-corrected chi connectivity index (χ4v) is 2.80. The largest absolute Gasteiger partial charge is 0.467 e. The number of carbonyl (C=O) groups excluding carboxylic acids is 1. The van der Waals surface area contributed by atoms with Gasteiger partial charge in [-0.3, -0.25) is 9.78 Å². The van der Waals surface area contributed by atoms with Crippen molar-refractivity contribution >= 4 is 29.1 Å². The summed E-state index contributed by atoms with van der Waals surface area (Å²) >= 11 is 12.1. The molecule has 0 radical (unpaired) electrons. The third-order valence-corrected chi connectivity index (χ3v) is 4.00. The van der Waals surface area contributed by atoms with Crippen LogP contribution in [0.25, 0.3) is 0 Å². The third-order valence-electron chi connectivity index (χ3n) is 3.45. The molecule has 0 aliphatic rings. The third kappa shape index (κ3) is 3.96. The first-order valence-corrected chi connectivity index (χ1v) is 8.05. The second kappa shape index (κ2) is 7.51. The quantitative estimate of drug-likeness (QED) is 0.654. The van der Waals surface area contributed by atoms with Crippen molar-refractivity contribution < 1.29 is 9.21 Å². The summed E-state index contributed by atoms with van der Waals surface area (Å²) < 4.78 is 5.37. The van der Waals surface area contributed by atoms with Crippen LogP contribution in [-0.4, -0.2) is 15.8 Å². The lowest BCUT2D eigenvalue weighted by Crippen LogP contribution is -2.30. The molecule has 0 aliphatic carbocycles. The molecule has 0 fully saturated rings. The molecule has 2 aromatic heterocycles. The van der Waals surface area contributed by atoms with Crippen molar-refractivity contribution in [3.8, 4) is 0 Å². The van der Waals surface area contributed by atoms with E-state index in [-0.39, 0.29) is 5.91 Å². The van der Waals surface area contributed by atoms with Crippen LogP contribution >= 0.6 is 23.2 Å². The van der Waals surface area contributed by atoms with Crippen molar-refractivity contribution in [3.63, 3.8) is 0 Å². The minimum atomic E-state index is -0.210. The molecule has 24 heavy (non-hydrogen) atoms. The molecule has 0 aliphatic heterocycles. The van der Waals surface area contributed by atoms with E-state index in [0.717, 1.165) is 5.69 Å². The van der Waals surface area contributed by atoms with Gasteiger partial charge < -0.3 is 9.32 Å². The maximum atomic E-state index is 12.9. The van der Waals surface area contributed by atoms with Gasteiger partial charge in [-0.1, -0.05) is 29.3 Å². The van der Waals surface area contributed by atoms with Gasteiger partial charge in [0.25, 0.3) is 5.91 Å². The summed E-state index contributed by atoms with van der Waals surface area (Å²) in [7, 11) is 0. The number of halogens is 2. The number of carbonyl (C=O) groups is 1. The van der Waals surface area contributed by atoms with Crippen LogP contribution in [0.15, 0.2) is 65.4 Å². The number of pyridine rings is 1. The lowest BCUT2D eigenvalue weighted by Gasteiger charge is -2.22. The Balaban J connectivity index is 1.89. The number of furan rings is 1. The number of rotatable bonds is 5. The summed E-state index contributed by atoms with van der Waals surface area (Å²) in [6.07, 6.45) is 3.27. The van der Waals surface area contributed by atoms with E-state index in [2.05, 4.69) is 4.98 Å². The lowest BCUT2D eigenvalue weighted by molar-refractivity contribution is 0.0715. The van der Waals surface area contributed by atoms with Crippen LogP contribution in [0.2, 0.25) is 10.0 Å². The minimum Gasteiger partial charge on any atom is -0.467 e. The van der Waals surface area contributed by atoms with Crippen LogP contribution in [0.4, 0.5) is 0 Å². The van der Waals surface area contributed by atoms with E-state index in [1.807, 2.05) is 24.3 Å². The molecule has 3 rings (SSSR count). The van der Waals surface area contributed by atoms with Gasteiger partial charge in [0, 0.05) is 11.2 Å². The molecule has 6 heteroatoms. The van der Waals surface area contributed by atoms with Gasteiger partial charge in [0.05, 0.1) is 35.6 Å². The van der Waals surface area contributed by atoms with Crippen LogP contribution in [0.1, 0.15) is 21.8 Å². The zero-order valence-electron chi connectivity index (χ0n) is 12.7. The second-order valence-corrected chi connectivity index (χ2v) is 6.03. The zero-order valence-corrected chi connectivity index (χ0v) is 14.2. The summed E-state index contributed by atoms with van der Waals surface area (Å²) in [5, 5.41) is 0.803. The van der Waals surface area contributed by atoms with Gasteiger partial charge in [-0.05, 0) is 42.5 Å². The molecule has 0 spiro atoms. The summed E-state index contributed by atoms with van der Waals surface area (Å²) in [5.74, 6) is 0.475. The van der Waals surface area contributed by atoms with E-state index < -0.39 is 0 Å².